The van der Waals surface area contributed by atoms with Gasteiger partial charge in [-0.1, -0.05) is 18.6 Å². The lowest BCUT2D eigenvalue weighted by molar-refractivity contribution is -0.142. The van der Waals surface area contributed by atoms with E-state index in [1.165, 1.54) is 0 Å². The summed E-state index contributed by atoms with van der Waals surface area (Å²) in [6, 6.07) is 8.28. The van der Waals surface area contributed by atoms with Crippen LogP contribution in [0.25, 0.3) is 0 Å². The van der Waals surface area contributed by atoms with E-state index < -0.39 is 11.9 Å². The van der Waals surface area contributed by atoms with Gasteiger partial charge in [0.1, 0.15) is 0 Å². The van der Waals surface area contributed by atoms with Crippen LogP contribution in [0.15, 0.2) is 24.3 Å². The summed E-state index contributed by atoms with van der Waals surface area (Å²) >= 11 is 0. The molecule has 0 bridgehead atoms. The topological polar surface area (TPSA) is 102 Å². The minimum atomic E-state index is -0.857. The number of nitriles is 1. The second kappa shape index (κ2) is 6.75. The second-order valence-electron chi connectivity index (χ2n) is 5.12. The molecule has 2 amide bonds. The molecule has 0 aromatic heterocycles. The maximum absolute atomic E-state index is 11.8. The predicted molar refractivity (Wildman–Crippen MR) is 75.3 cm³/mol. The first-order valence-corrected chi connectivity index (χ1v) is 6.86. The molecule has 3 N–H and O–H groups in total. The summed E-state index contributed by atoms with van der Waals surface area (Å²) in [7, 11) is 0. The van der Waals surface area contributed by atoms with Crippen LogP contribution in [-0.2, 0) is 11.3 Å². The molecule has 1 saturated carbocycles. The normalized spacial score (nSPS) is 20.5. The minimum absolute atomic E-state index is 0.302. The van der Waals surface area contributed by atoms with Gasteiger partial charge in [0.15, 0.2) is 0 Å². The van der Waals surface area contributed by atoms with Gasteiger partial charge < -0.3 is 15.7 Å². The Balaban J connectivity index is 1.82. The van der Waals surface area contributed by atoms with E-state index in [-0.39, 0.29) is 12.1 Å². The lowest BCUT2D eigenvalue weighted by Crippen LogP contribution is -2.45. The zero-order chi connectivity index (χ0) is 15.2. The summed E-state index contributed by atoms with van der Waals surface area (Å²) in [6.07, 6.45) is 2.12. The quantitative estimate of drug-likeness (QED) is 0.782. The van der Waals surface area contributed by atoms with Crippen molar-refractivity contribution in [3.05, 3.63) is 35.4 Å². The smallest absolute Gasteiger partial charge is 0.315 e. The average Bonchev–Trinajstić information content (AvgIpc) is 2.94. The molecule has 110 valence electrons. The maximum Gasteiger partial charge on any atom is 0.315 e. The number of hydrogen-bond donors (Lipinski definition) is 3. The van der Waals surface area contributed by atoms with Crippen LogP contribution in [0, 0.1) is 17.2 Å². The molecule has 0 saturated heterocycles. The Morgan fingerprint density at radius 2 is 2.00 bits per heavy atom. The molecule has 0 radical (unpaired) electrons. The van der Waals surface area contributed by atoms with E-state index in [0.29, 0.717) is 24.9 Å². The van der Waals surface area contributed by atoms with Crippen molar-refractivity contribution in [3.63, 3.8) is 0 Å². The van der Waals surface area contributed by atoms with Crippen molar-refractivity contribution >= 4 is 12.0 Å². The molecule has 1 aliphatic carbocycles. The number of nitrogens with one attached hydrogen (secondary N) is 2. The highest BCUT2D eigenvalue weighted by Crippen LogP contribution is 2.25. The highest BCUT2D eigenvalue weighted by Gasteiger charge is 2.33. The van der Waals surface area contributed by atoms with Gasteiger partial charge in [0.2, 0.25) is 0 Å². The van der Waals surface area contributed by atoms with Gasteiger partial charge in [-0.05, 0) is 30.5 Å². The van der Waals surface area contributed by atoms with Gasteiger partial charge in [-0.25, -0.2) is 4.79 Å². The Kier molecular flexibility index (Phi) is 4.77. The number of carbonyl (C=O) groups is 2. The number of carboxylic acid groups (broad SMARTS) is 1. The van der Waals surface area contributed by atoms with Gasteiger partial charge in [0.25, 0.3) is 0 Å². The molecule has 6 heteroatoms. The van der Waals surface area contributed by atoms with Crippen molar-refractivity contribution < 1.29 is 14.7 Å². The lowest BCUT2D eigenvalue weighted by atomic mass is 10.0. The monoisotopic (exact) mass is 287 g/mol. The van der Waals surface area contributed by atoms with Gasteiger partial charge in [0.05, 0.1) is 17.6 Å². The highest BCUT2D eigenvalue weighted by molar-refractivity contribution is 5.77. The van der Waals surface area contributed by atoms with Gasteiger partial charge >= 0.3 is 12.0 Å². The zero-order valence-electron chi connectivity index (χ0n) is 11.5. The summed E-state index contributed by atoms with van der Waals surface area (Å²) in [5.74, 6) is -1.35. The van der Waals surface area contributed by atoms with Crippen LogP contribution in [-0.4, -0.2) is 23.1 Å². The molecule has 2 rings (SSSR count). The van der Waals surface area contributed by atoms with Crippen molar-refractivity contribution in [1.29, 1.82) is 5.26 Å². The fourth-order valence-electron chi connectivity index (χ4n) is 2.53. The van der Waals surface area contributed by atoms with E-state index in [2.05, 4.69) is 10.6 Å². The number of aliphatic carboxylic acids is 1. The van der Waals surface area contributed by atoms with Crippen molar-refractivity contribution in [2.45, 2.75) is 31.8 Å². The Hall–Kier alpha value is -2.55. The second-order valence-corrected chi connectivity index (χ2v) is 5.12. The summed E-state index contributed by atoms with van der Waals surface area (Å²) in [4.78, 5) is 22.8. The molecule has 6 nitrogen and oxygen atoms in total. The van der Waals surface area contributed by atoms with Crippen LogP contribution in [0.3, 0.4) is 0 Å². The number of urea groups is 1. The summed E-state index contributed by atoms with van der Waals surface area (Å²) in [6.45, 7) is 0.335. The molecule has 1 fully saturated rings. The summed E-state index contributed by atoms with van der Waals surface area (Å²) < 4.78 is 0. The standard InChI is InChI=1S/C15H17N3O3/c16-8-10-4-6-11(7-5-10)9-17-15(21)18-13-3-1-2-12(13)14(19)20/h4-7,12-13H,1-3,9H2,(H,19,20)(H2,17,18,21). The van der Waals surface area contributed by atoms with E-state index >= 15 is 0 Å². The summed E-state index contributed by atoms with van der Waals surface area (Å²) in [5.41, 5.74) is 1.45. The molecule has 2 unspecified atom stereocenters. The first-order valence-electron chi connectivity index (χ1n) is 6.86. The molecule has 0 aliphatic heterocycles. The van der Waals surface area contributed by atoms with Crippen LogP contribution >= 0.6 is 0 Å². The molecule has 1 aliphatic rings. The third-order valence-corrected chi connectivity index (χ3v) is 3.69. The lowest BCUT2D eigenvalue weighted by Gasteiger charge is -2.18. The van der Waals surface area contributed by atoms with Crippen molar-refractivity contribution in [2.24, 2.45) is 5.92 Å². The number of carbonyl (C=O) groups excluding carboxylic acids is 1. The highest BCUT2D eigenvalue weighted by atomic mass is 16.4. The molecule has 1 aromatic carbocycles. The van der Waals surface area contributed by atoms with Crippen LogP contribution in [0.1, 0.15) is 30.4 Å². The van der Waals surface area contributed by atoms with E-state index in [4.69, 9.17) is 10.4 Å². The number of benzene rings is 1. The molecule has 2 atom stereocenters. The third kappa shape index (κ3) is 3.96. The molecule has 21 heavy (non-hydrogen) atoms. The molecular formula is C15H17N3O3. The van der Waals surface area contributed by atoms with Gasteiger partial charge in [-0.15, -0.1) is 0 Å². The minimum Gasteiger partial charge on any atom is -0.481 e. The first-order chi connectivity index (χ1) is 10.1. The molecule has 1 aromatic rings. The van der Waals surface area contributed by atoms with E-state index in [1.54, 1.807) is 24.3 Å². The van der Waals surface area contributed by atoms with Crippen LogP contribution in [0.4, 0.5) is 4.79 Å². The van der Waals surface area contributed by atoms with Crippen molar-refractivity contribution in [1.82, 2.24) is 10.6 Å². The predicted octanol–water partition coefficient (Wildman–Crippen LogP) is 1.61. The molecular weight excluding hydrogens is 270 g/mol. The third-order valence-electron chi connectivity index (χ3n) is 3.69. The number of carboxylic acids is 1. The Bertz CT molecular complexity index is 563. The first kappa shape index (κ1) is 14.9. The Morgan fingerprint density at radius 3 is 2.62 bits per heavy atom. The number of hydrogen-bond acceptors (Lipinski definition) is 3. The van der Waals surface area contributed by atoms with Crippen molar-refractivity contribution in [3.8, 4) is 6.07 Å². The van der Waals surface area contributed by atoms with Crippen LogP contribution in [0.5, 0.6) is 0 Å². The summed E-state index contributed by atoms with van der Waals surface area (Å²) in [5, 5.41) is 23.2. The molecule has 0 heterocycles. The largest absolute Gasteiger partial charge is 0.481 e. The number of nitrogens with zero attached hydrogens (tertiary/aromatic N) is 1. The van der Waals surface area contributed by atoms with Gasteiger partial charge in [-0.2, -0.15) is 5.26 Å². The van der Waals surface area contributed by atoms with E-state index in [9.17, 15) is 9.59 Å². The van der Waals surface area contributed by atoms with Crippen LogP contribution in [0.2, 0.25) is 0 Å². The fraction of sp³-hybridized carbons (Fsp3) is 0.400. The average molecular weight is 287 g/mol. The Morgan fingerprint density at radius 1 is 1.29 bits per heavy atom. The van der Waals surface area contributed by atoms with Crippen LogP contribution < -0.4 is 10.6 Å². The maximum atomic E-state index is 11.8. The van der Waals surface area contributed by atoms with E-state index in [1.807, 2.05) is 6.07 Å². The van der Waals surface area contributed by atoms with Gasteiger partial charge in [-0.3, -0.25) is 4.79 Å². The SMILES string of the molecule is N#Cc1ccc(CNC(=O)NC2CCCC2C(=O)O)cc1. The van der Waals surface area contributed by atoms with Crippen molar-refractivity contribution in [2.75, 3.05) is 0 Å². The fourth-order valence-corrected chi connectivity index (χ4v) is 2.53. The Labute approximate surface area is 122 Å². The van der Waals surface area contributed by atoms with Gasteiger partial charge in [0, 0.05) is 12.6 Å². The number of rotatable bonds is 4. The number of amides is 2. The zero-order valence-corrected chi connectivity index (χ0v) is 11.5. The molecule has 0 spiro atoms. The van der Waals surface area contributed by atoms with E-state index in [0.717, 1.165) is 12.0 Å².